The molecule has 0 saturated carbocycles. The maximum absolute atomic E-state index is 12.8. The maximum Gasteiger partial charge on any atom is 0.254 e. The number of carbonyl (C=O) groups is 2. The van der Waals surface area contributed by atoms with Gasteiger partial charge in [-0.25, -0.2) is 9.37 Å². The van der Waals surface area contributed by atoms with Crippen molar-refractivity contribution in [3.05, 3.63) is 64.7 Å². The van der Waals surface area contributed by atoms with Gasteiger partial charge in [0.25, 0.3) is 5.91 Å². The van der Waals surface area contributed by atoms with Crippen molar-refractivity contribution in [2.45, 2.75) is 13.5 Å². The van der Waals surface area contributed by atoms with Crippen molar-refractivity contribution < 1.29 is 14.0 Å². The molecule has 0 aliphatic rings. The van der Waals surface area contributed by atoms with Gasteiger partial charge in [0.1, 0.15) is 11.0 Å². The van der Waals surface area contributed by atoms with E-state index in [2.05, 4.69) is 10.3 Å². The summed E-state index contributed by atoms with van der Waals surface area (Å²) in [4.78, 5) is 29.7. The van der Waals surface area contributed by atoms with Crippen LogP contribution in [0.5, 0.6) is 0 Å². The molecule has 0 unspecified atom stereocenters. The molecule has 7 heteroatoms. The summed E-state index contributed by atoms with van der Waals surface area (Å²) >= 11 is 5.78. The lowest BCUT2D eigenvalue weighted by atomic mass is 10.2. The van der Waals surface area contributed by atoms with Crippen molar-refractivity contribution in [2.24, 2.45) is 0 Å². The van der Waals surface area contributed by atoms with Crippen LogP contribution < -0.4 is 5.32 Å². The van der Waals surface area contributed by atoms with Crippen LogP contribution in [0.25, 0.3) is 0 Å². The van der Waals surface area contributed by atoms with Gasteiger partial charge in [-0.15, -0.1) is 0 Å². The highest BCUT2D eigenvalue weighted by Gasteiger charge is 2.17. The Balaban J connectivity index is 1.92. The highest BCUT2D eigenvalue weighted by molar-refractivity contribution is 6.29. The second kappa shape index (κ2) is 8.40. The van der Waals surface area contributed by atoms with Gasteiger partial charge >= 0.3 is 0 Å². The van der Waals surface area contributed by atoms with Crippen LogP contribution in [0.4, 0.5) is 4.39 Å². The van der Waals surface area contributed by atoms with Gasteiger partial charge in [0.15, 0.2) is 0 Å². The van der Waals surface area contributed by atoms with Crippen LogP contribution in [-0.2, 0) is 11.3 Å². The number of likely N-dealkylation sites (N-methyl/N-ethyl adjacent to an activating group) is 1. The van der Waals surface area contributed by atoms with Crippen molar-refractivity contribution in [1.29, 1.82) is 0 Å². The molecule has 1 aromatic heterocycles. The Labute approximate surface area is 144 Å². The number of amides is 2. The predicted octanol–water partition coefficient (Wildman–Crippen LogP) is 2.65. The van der Waals surface area contributed by atoms with Crippen LogP contribution in [0.3, 0.4) is 0 Å². The fourth-order valence-electron chi connectivity index (χ4n) is 2.08. The molecule has 2 amide bonds. The number of hydrogen-bond donors (Lipinski definition) is 1. The lowest BCUT2D eigenvalue weighted by molar-refractivity contribution is -0.121. The molecule has 24 heavy (non-hydrogen) atoms. The Morgan fingerprint density at radius 3 is 2.58 bits per heavy atom. The minimum Gasteiger partial charge on any atom is -0.350 e. The molecule has 0 fully saturated rings. The van der Waals surface area contributed by atoms with Crippen LogP contribution in [-0.4, -0.2) is 34.8 Å². The van der Waals surface area contributed by atoms with E-state index >= 15 is 0 Å². The van der Waals surface area contributed by atoms with E-state index < -0.39 is 0 Å². The lowest BCUT2D eigenvalue weighted by Crippen LogP contribution is -2.40. The third-order valence-electron chi connectivity index (χ3n) is 3.38. The highest BCUT2D eigenvalue weighted by atomic mass is 35.5. The van der Waals surface area contributed by atoms with E-state index in [4.69, 9.17) is 11.6 Å². The van der Waals surface area contributed by atoms with E-state index in [0.717, 1.165) is 5.56 Å². The summed E-state index contributed by atoms with van der Waals surface area (Å²) in [5.41, 5.74) is 1.16. The second-order valence-electron chi connectivity index (χ2n) is 5.09. The van der Waals surface area contributed by atoms with E-state index in [1.54, 1.807) is 25.1 Å². The average Bonchev–Trinajstić information content (AvgIpc) is 2.58. The molecule has 126 valence electrons. The zero-order valence-electron chi connectivity index (χ0n) is 13.1. The number of halogens is 2. The average molecular weight is 350 g/mol. The summed E-state index contributed by atoms with van der Waals surface area (Å²) in [6.07, 6.45) is 1.44. The molecule has 2 aromatic rings. The molecule has 5 nitrogen and oxygen atoms in total. The molecule has 1 N–H and O–H groups in total. The largest absolute Gasteiger partial charge is 0.350 e. The number of rotatable bonds is 6. The van der Waals surface area contributed by atoms with Gasteiger partial charge in [-0.1, -0.05) is 23.7 Å². The Hall–Kier alpha value is -2.47. The van der Waals surface area contributed by atoms with Crippen LogP contribution in [0.1, 0.15) is 22.8 Å². The number of pyridine rings is 1. The molecular formula is C17H17ClFN3O2. The highest BCUT2D eigenvalue weighted by Crippen LogP contribution is 2.10. The first-order valence-electron chi connectivity index (χ1n) is 7.41. The van der Waals surface area contributed by atoms with E-state index in [1.165, 1.54) is 29.3 Å². The minimum atomic E-state index is -0.330. The summed E-state index contributed by atoms with van der Waals surface area (Å²) in [5.74, 6) is -0.919. The fraction of sp³-hybridized carbons (Fsp3) is 0.235. The fourth-order valence-corrected chi connectivity index (χ4v) is 2.25. The maximum atomic E-state index is 12.8. The van der Waals surface area contributed by atoms with Crippen molar-refractivity contribution in [1.82, 2.24) is 15.2 Å². The third kappa shape index (κ3) is 5.03. The molecule has 0 bridgehead atoms. The Morgan fingerprint density at radius 1 is 1.25 bits per heavy atom. The summed E-state index contributed by atoms with van der Waals surface area (Å²) in [6.45, 7) is 2.36. The molecule has 0 radical (unpaired) electrons. The van der Waals surface area contributed by atoms with Gasteiger partial charge in [0, 0.05) is 24.8 Å². The summed E-state index contributed by atoms with van der Waals surface area (Å²) < 4.78 is 12.8. The molecule has 1 heterocycles. The number of nitrogens with zero attached hydrogens (tertiary/aromatic N) is 2. The topological polar surface area (TPSA) is 62.3 Å². The third-order valence-corrected chi connectivity index (χ3v) is 3.59. The molecular weight excluding hydrogens is 333 g/mol. The monoisotopic (exact) mass is 349 g/mol. The van der Waals surface area contributed by atoms with E-state index in [9.17, 15) is 14.0 Å². The first-order valence-corrected chi connectivity index (χ1v) is 7.79. The molecule has 0 aliphatic carbocycles. The molecule has 0 saturated heterocycles. The lowest BCUT2D eigenvalue weighted by Gasteiger charge is -2.20. The molecule has 0 aliphatic heterocycles. The summed E-state index contributed by atoms with van der Waals surface area (Å²) in [7, 11) is 0. The molecule has 2 rings (SSSR count). The van der Waals surface area contributed by atoms with Gasteiger partial charge < -0.3 is 10.2 Å². The standard InChI is InChI=1S/C17H17ClFN3O2/c1-2-22(17(24)13-7-8-20-15(18)9-13)11-16(23)21-10-12-3-5-14(19)6-4-12/h3-9H,2,10-11H2,1H3,(H,21,23). The first kappa shape index (κ1) is 17.9. The zero-order valence-corrected chi connectivity index (χ0v) is 13.9. The number of aromatic nitrogens is 1. The molecule has 0 atom stereocenters. The number of nitrogens with one attached hydrogen (secondary N) is 1. The van der Waals surface area contributed by atoms with Crippen molar-refractivity contribution >= 4 is 23.4 Å². The van der Waals surface area contributed by atoms with Crippen LogP contribution in [0.2, 0.25) is 5.15 Å². The SMILES string of the molecule is CCN(CC(=O)NCc1ccc(F)cc1)C(=O)c1ccnc(Cl)c1. The second-order valence-corrected chi connectivity index (χ2v) is 5.48. The van der Waals surface area contributed by atoms with Crippen molar-refractivity contribution in [2.75, 3.05) is 13.1 Å². The van der Waals surface area contributed by atoms with Gasteiger partial charge in [-0.3, -0.25) is 9.59 Å². The van der Waals surface area contributed by atoms with Gasteiger partial charge in [-0.2, -0.15) is 0 Å². The van der Waals surface area contributed by atoms with Crippen molar-refractivity contribution in [3.63, 3.8) is 0 Å². The van der Waals surface area contributed by atoms with Crippen LogP contribution in [0.15, 0.2) is 42.6 Å². The number of hydrogen-bond acceptors (Lipinski definition) is 3. The Kier molecular flexibility index (Phi) is 6.26. The van der Waals surface area contributed by atoms with Gasteiger partial charge in [0.05, 0.1) is 6.54 Å². The molecule has 0 spiro atoms. The van der Waals surface area contributed by atoms with E-state index in [0.29, 0.717) is 12.1 Å². The first-order chi connectivity index (χ1) is 11.5. The summed E-state index contributed by atoms with van der Waals surface area (Å²) in [5, 5.41) is 2.93. The van der Waals surface area contributed by atoms with Gasteiger partial charge in [0.2, 0.25) is 5.91 Å². The number of carbonyl (C=O) groups excluding carboxylic acids is 2. The molecule has 1 aromatic carbocycles. The smallest absolute Gasteiger partial charge is 0.254 e. The summed E-state index contributed by atoms with van der Waals surface area (Å²) in [6, 6.07) is 8.86. The van der Waals surface area contributed by atoms with Crippen LogP contribution in [0, 0.1) is 5.82 Å². The van der Waals surface area contributed by atoms with Crippen LogP contribution >= 0.6 is 11.6 Å². The quantitative estimate of drug-likeness (QED) is 0.815. The zero-order chi connectivity index (χ0) is 17.5. The van der Waals surface area contributed by atoms with Crippen molar-refractivity contribution in [3.8, 4) is 0 Å². The normalized spacial score (nSPS) is 10.3. The number of benzene rings is 1. The Bertz CT molecular complexity index is 722. The minimum absolute atomic E-state index is 0.0729. The Morgan fingerprint density at radius 2 is 1.96 bits per heavy atom. The van der Waals surface area contributed by atoms with Gasteiger partial charge in [-0.05, 0) is 36.8 Å². The van der Waals surface area contributed by atoms with E-state index in [-0.39, 0.29) is 35.9 Å². The van der Waals surface area contributed by atoms with E-state index in [1.807, 2.05) is 0 Å². The predicted molar refractivity (Wildman–Crippen MR) is 89.1 cm³/mol.